The zero-order chi connectivity index (χ0) is 15.1. The van der Waals surface area contributed by atoms with Gasteiger partial charge in [0, 0.05) is 24.3 Å². The number of pyridine rings is 1. The van der Waals surface area contributed by atoms with Crippen molar-refractivity contribution in [2.45, 2.75) is 51.5 Å². The molecule has 5 heteroatoms. The molecular weight excluding hydrogens is 266 g/mol. The fraction of sp³-hybridized carbons (Fsp3) is 0.562. The SMILES string of the molecule is CCCCNC(=O)c1ccnc(C(=O)NC2CCCC2)c1. The van der Waals surface area contributed by atoms with E-state index in [-0.39, 0.29) is 17.9 Å². The number of carbonyl (C=O) groups is 2. The number of hydrogen-bond donors (Lipinski definition) is 2. The van der Waals surface area contributed by atoms with Gasteiger partial charge in [-0.25, -0.2) is 0 Å². The van der Waals surface area contributed by atoms with Crippen LogP contribution in [0.1, 0.15) is 66.3 Å². The monoisotopic (exact) mass is 289 g/mol. The first-order chi connectivity index (χ1) is 10.2. The summed E-state index contributed by atoms with van der Waals surface area (Å²) in [6, 6.07) is 3.44. The Labute approximate surface area is 125 Å². The predicted molar refractivity (Wildman–Crippen MR) is 81.2 cm³/mol. The molecule has 1 aliphatic carbocycles. The van der Waals surface area contributed by atoms with Gasteiger partial charge in [-0.1, -0.05) is 26.2 Å². The van der Waals surface area contributed by atoms with Crippen LogP contribution in [-0.4, -0.2) is 29.4 Å². The molecule has 114 valence electrons. The average Bonchev–Trinajstić information content (AvgIpc) is 3.00. The summed E-state index contributed by atoms with van der Waals surface area (Å²) in [5, 5.41) is 5.82. The van der Waals surface area contributed by atoms with Crippen molar-refractivity contribution in [2.24, 2.45) is 0 Å². The van der Waals surface area contributed by atoms with Crippen LogP contribution in [0.4, 0.5) is 0 Å². The zero-order valence-corrected chi connectivity index (χ0v) is 12.5. The number of unbranched alkanes of at least 4 members (excludes halogenated alkanes) is 1. The Bertz CT molecular complexity index is 496. The normalized spacial score (nSPS) is 14.9. The second-order valence-electron chi connectivity index (χ2n) is 5.49. The zero-order valence-electron chi connectivity index (χ0n) is 12.5. The van der Waals surface area contributed by atoms with Crippen LogP contribution in [-0.2, 0) is 0 Å². The predicted octanol–water partition coefficient (Wildman–Crippen LogP) is 2.28. The maximum absolute atomic E-state index is 12.1. The topological polar surface area (TPSA) is 71.1 Å². The first-order valence-corrected chi connectivity index (χ1v) is 7.76. The molecule has 5 nitrogen and oxygen atoms in total. The van der Waals surface area contributed by atoms with E-state index in [4.69, 9.17) is 0 Å². The van der Waals surface area contributed by atoms with Crippen LogP contribution in [0.25, 0.3) is 0 Å². The molecule has 0 aliphatic heterocycles. The number of nitrogens with one attached hydrogen (secondary N) is 2. The quantitative estimate of drug-likeness (QED) is 0.789. The molecule has 2 amide bonds. The highest BCUT2D eigenvalue weighted by atomic mass is 16.2. The van der Waals surface area contributed by atoms with Crippen molar-refractivity contribution >= 4 is 11.8 Å². The largest absolute Gasteiger partial charge is 0.352 e. The lowest BCUT2D eigenvalue weighted by atomic mass is 10.2. The van der Waals surface area contributed by atoms with Crippen molar-refractivity contribution in [3.05, 3.63) is 29.6 Å². The summed E-state index contributed by atoms with van der Waals surface area (Å²) in [6.45, 7) is 2.73. The van der Waals surface area contributed by atoms with Crippen molar-refractivity contribution in [1.29, 1.82) is 0 Å². The van der Waals surface area contributed by atoms with Gasteiger partial charge >= 0.3 is 0 Å². The molecule has 0 aromatic carbocycles. The van der Waals surface area contributed by atoms with Gasteiger partial charge in [-0.05, 0) is 31.4 Å². The summed E-state index contributed by atoms with van der Waals surface area (Å²) >= 11 is 0. The molecule has 1 heterocycles. The third-order valence-corrected chi connectivity index (χ3v) is 3.76. The molecular formula is C16H23N3O2. The first-order valence-electron chi connectivity index (χ1n) is 7.76. The van der Waals surface area contributed by atoms with Gasteiger partial charge in [-0.2, -0.15) is 0 Å². The molecule has 0 radical (unpaired) electrons. The van der Waals surface area contributed by atoms with Crippen LogP contribution >= 0.6 is 0 Å². The summed E-state index contributed by atoms with van der Waals surface area (Å²) in [6.07, 6.45) is 7.89. The second kappa shape index (κ2) is 7.76. The lowest BCUT2D eigenvalue weighted by molar-refractivity contribution is 0.0933. The molecule has 0 saturated heterocycles. The Balaban J connectivity index is 1.95. The Kier molecular flexibility index (Phi) is 5.72. The van der Waals surface area contributed by atoms with Crippen LogP contribution in [0, 0.1) is 0 Å². The number of nitrogens with zero attached hydrogens (tertiary/aromatic N) is 1. The lowest BCUT2D eigenvalue weighted by Gasteiger charge is -2.11. The van der Waals surface area contributed by atoms with E-state index >= 15 is 0 Å². The highest BCUT2D eigenvalue weighted by Crippen LogP contribution is 2.18. The molecule has 1 aliphatic rings. The number of aromatic nitrogens is 1. The number of hydrogen-bond acceptors (Lipinski definition) is 3. The molecule has 1 fully saturated rings. The molecule has 1 aromatic rings. The first kappa shape index (κ1) is 15.5. The maximum atomic E-state index is 12.1. The molecule has 0 bridgehead atoms. The van der Waals surface area contributed by atoms with Crippen LogP contribution in [0.5, 0.6) is 0 Å². The smallest absolute Gasteiger partial charge is 0.270 e. The van der Waals surface area contributed by atoms with Crippen LogP contribution in [0.2, 0.25) is 0 Å². The van der Waals surface area contributed by atoms with E-state index in [9.17, 15) is 9.59 Å². The minimum atomic E-state index is -0.190. The Morgan fingerprint density at radius 3 is 2.76 bits per heavy atom. The lowest BCUT2D eigenvalue weighted by Crippen LogP contribution is -2.33. The molecule has 2 N–H and O–H groups in total. The van der Waals surface area contributed by atoms with E-state index in [1.54, 1.807) is 12.1 Å². The van der Waals surface area contributed by atoms with Gasteiger partial charge in [0.05, 0.1) is 0 Å². The Hall–Kier alpha value is -1.91. The van der Waals surface area contributed by atoms with E-state index in [1.165, 1.54) is 6.20 Å². The van der Waals surface area contributed by atoms with Crippen molar-refractivity contribution in [2.75, 3.05) is 6.54 Å². The average molecular weight is 289 g/mol. The van der Waals surface area contributed by atoms with Gasteiger partial charge in [0.25, 0.3) is 11.8 Å². The number of rotatable bonds is 6. The summed E-state index contributed by atoms with van der Waals surface area (Å²) in [5.41, 5.74) is 0.794. The maximum Gasteiger partial charge on any atom is 0.270 e. The number of carbonyl (C=O) groups excluding carboxylic acids is 2. The van der Waals surface area contributed by atoms with Gasteiger partial charge in [-0.3, -0.25) is 14.6 Å². The van der Waals surface area contributed by atoms with Gasteiger partial charge in [-0.15, -0.1) is 0 Å². The highest BCUT2D eigenvalue weighted by Gasteiger charge is 2.19. The summed E-state index contributed by atoms with van der Waals surface area (Å²) < 4.78 is 0. The fourth-order valence-electron chi connectivity index (χ4n) is 2.51. The van der Waals surface area contributed by atoms with Crippen molar-refractivity contribution in [3.63, 3.8) is 0 Å². The molecule has 0 spiro atoms. The van der Waals surface area contributed by atoms with Gasteiger partial charge in [0.2, 0.25) is 0 Å². The van der Waals surface area contributed by atoms with Crippen molar-refractivity contribution < 1.29 is 9.59 Å². The standard InChI is InChI=1S/C16H23N3O2/c1-2-3-9-18-15(20)12-8-10-17-14(11-12)16(21)19-13-6-4-5-7-13/h8,10-11,13H,2-7,9H2,1H3,(H,18,20)(H,19,21). The van der Waals surface area contributed by atoms with E-state index < -0.39 is 0 Å². The Morgan fingerprint density at radius 2 is 2.05 bits per heavy atom. The van der Waals surface area contributed by atoms with E-state index in [2.05, 4.69) is 22.5 Å². The third kappa shape index (κ3) is 4.55. The molecule has 0 atom stereocenters. The highest BCUT2D eigenvalue weighted by molar-refractivity contribution is 5.98. The number of amides is 2. The molecule has 1 aromatic heterocycles. The summed E-state index contributed by atoms with van der Waals surface area (Å²) in [4.78, 5) is 28.2. The fourth-order valence-corrected chi connectivity index (χ4v) is 2.51. The third-order valence-electron chi connectivity index (χ3n) is 3.76. The minimum absolute atomic E-state index is 0.152. The molecule has 1 saturated carbocycles. The minimum Gasteiger partial charge on any atom is -0.352 e. The van der Waals surface area contributed by atoms with E-state index in [1.807, 2.05) is 0 Å². The second-order valence-corrected chi connectivity index (χ2v) is 5.49. The van der Waals surface area contributed by atoms with Crippen LogP contribution < -0.4 is 10.6 Å². The van der Waals surface area contributed by atoms with Crippen LogP contribution in [0.15, 0.2) is 18.3 Å². The molecule has 2 rings (SSSR count). The van der Waals surface area contributed by atoms with Crippen molar-refractivity contribution in [1.82, 2.24) is 15.6 Å². The van der Waals surface area contributed by atoms with E-state index in [0.717, 1.165) is 38.5 Å². The molecule has 21 heavy (non-hydrogen) atoms. The summed E-state index contributed by atoms with van der Waals surface area (Å²) in [5.74, 6) is -0.342. The van der Waals surface area contributed by atoms with Gasteiger partial charge in [0.1, 0.15) is 5.69 Å². The van der Waals surface area contributed by atoms with Crippen molar-refractivity contribution in [3.8, 4) is 0 Å². The molecule has 0 unspecified atom stereocenters. The van der Waals surface area contributed by atoms with E-state index in [0.29, 0.717) is 17.8 Å². The van der Waals surface area contributed by atoms with Gasteiger partial charge in [0.15, 0.2) is 0 Å². The van der Waals surface area contributed by atoms with Gasteiger partial charge < -0.3 is 10.6 Å². The van der Waals surface area contributed by atoms with Crippen LogP contribution in [0.3, 0.4) is 0 Å². The summed E-state index contributed by atoms with van der Waals surface area (Å²) in [7, 11) is 0. The Morgan fingerprint density at radius 1 is 1.29 bits per heavy atom.